The Kier molecular flexibility index (Phi) is 9.25. The summed E-state index contributed by atoms with van der Waals surface area (Å²) in [5.74, 6) is -0.117. The summed E-state index contributed by atoms with van der Waals surface area (Å²) in [7, 11) is -17.0. The van der Waals surface area contributed by atoms with E-state index in [0.717, 1.165) is 17.7 Å². The number of nitrogens with two attached hydrogens (primary N) is 1. The molecule has 0 aliphatic carbocycles. The topological polar surface area (TPSA) is 250 Å². The summed E-state index contributed by atoms with van der Waals surface area (Å²) in [6.07, 6.45) is -1.93. The van der Waals surface area contributed by atoms with E-state index in [2.05, 4.69) is 18.1 Å². The minimum Gasteiger partial charge on any atom is -0.390 e. The van der Waals surface area contributed by atoms with Gasteiger partial charge in [-0.1, -0.05) is 0 Å². The quantitative estimate of drug-likeness (QED) is 0.197. The number of aliphatic hydroxyl groups is 1. The molecule has 31 heavy (non-hydrogen) atoms. The normalized spacial score (nSPS) is 20.3. The van der Waals surface area contributed by atoms with Crippen molar-refractivity contribution < 1.29 is 60.6 Å². The van der Waals surface area contributed by atoms with Crippen molar-refractivity contribution in [3.05, 3.63) is 22.7 Å². The molecule has 180 valence electrons. The molecule has 0 bridgehead atoms. The molecule has 1 rings (SSSR count). The van der Waals surface area contributed by atoms with E-state index >= 15 is 0 Å². The second kappa shape index (κ2) is 10.3. The van der Waals surface area contributed by atoms with Crippen LogP contribution in [-0.4, -0.2) is 59.2 Å². The van der Waals surface area contributed by atoms with Gasteiger partial charge in [-0.2, -0.15) is 13.6 Å². The first-order chi connectivity index (χ1) is 13.9. The molecule has 20 heteroatoms. The van der Waals surface area contributed by atoms with Gasteiger partial charge in [-0.05, 0) is 19.9 Å². The number of anilines is 1. The first kappa shape index (κ1) is 28.0. The lowest BCUT2D eigenvalue weighted by Crippen LogP contribution is -2.51. The number of phosphoric ester groups is 1. The van der Waals surface area contributed by atoms with Crippen molar-refractivity contribution in [2.75, 3.05) is 19.0 Å². The Hall–Kier alpha value is -1.06. The second-order valence-corrected chi connectivity index (χ2v) is 10.4. The van der Waals surface area contributed by atoms with Gasteiger partial charge >= 0.3 is 29.2 Å². The van der Waals surface area contributed by atoms with Gasteiger partial charge in [0, 0.05) is 6.20 Å². The van der Waals surface area contributed by atoms with Gasteiger partial charge in [-0.25, -0.2) is 22.9 Å². The summed E-state index contributed by atoms with van der Waals surface area (Å²) in [6, 6.07) is 1.22. The van der Waals surface area contributed by atoms with Gasteiger partial charge in [0.15, 0.2) is 0 Å². The smallest absolute Gasteiger partial charge is 0.390 e. The van der Waals surface area contributed by atoms with Crippen LogP contribution in [0, 0.1) is 0 Å². The Morgan fingerprint density at radius 3 is 2.23 bits per heavy atom. The molecule has 16 nitrogen and oxygen atoms in total. The molecular formula is C11H21FN3O13P3. The summed E-state index contributed by atoms with van der Waals surface area (Å²) in [6.45, 7) is -0.595. The minimum atomic E-state index is -5.80. The molecule has 0 fully saturated rings. The zero-order valence-corrected chi connectivity index (χ0v) is 18.6. The molecule has 1 aromatic rings. The molecule has 0 aromatic carbocycles. The van der Waals surface area contributed by atoms with Crippen molar-refractivity contribution in [3.8, 4) is 0 Å². The van der Waals surface area contributed by atoms with Crippen molar-refractivity contribution >= 4 is 29.3 Å². The van der Waals surface area contributed by atoms with E-state index in [0.29, 0.717) is 0 Å². The number of phosphoric acid groups is 3. The Bertz CT molecular complexity index is 968. The molecular weight excluding hydrogens is 494 g/mol. The number of aliphatic hydroxyl groups excluding tert-OH is 1. The van der Waals surface area contributed by atoms with Crippen LogP contribution in [0.25, 0.3) is 0 Å². The van der Waals surface area contributed by atoms with Gasteiger partial charge < -0.3 is 35.2 Å². The maximum Gasteiger partial charge on any atom is 0.490 e. The number of nitrogen functional groups attached to an aromatic ring is 1. The fourth-order valence-electron chi connectivity index (χ4n) is 2.03. The summed E-state index contributed by atoms with van der Waals surface area (Å²) >= 11 is 0. The first-order valence-electron chi connectivity index (χ1n) is 7.97. The lowest BCUT2D eigenvalue weighted by molar-refractivity contribution is -0.193. The van der Waals surface area contributed by atoms with Crippen LogP contribution in [0.15, 0.2) is 17.1 Å². The number of alkyl halides is 1. The summed E-state index contributed by atoms with van der Waals surface area (Å²) < 4.78 is 65.2. The molecule has 1 aromatic heterocycles. The van der Waals surface area contributed by atoms with Crippen LogP contribution >= 0.6 is 23.5 Å². The lowest BCUT2D eigenvalue weighted by atomic mass is 10.0. The van der Waals surface area contributed by atoms with E-state index in [1.165, 1.54) is 13.0 Å². The van der Waals surface area contributed by atoms with Gasteiger partial charge in [0.25, 0.3) is 0 Å². The zero-order valence-electron chi connectivity index (χ0n) is 15.9. The average molecular weight is 515 g/mol. The number of rotatable bonds is 12. The third-order valence-corrected chi connectivity index (χ3v) is 7.31. The second-order valence-electron chi connectivity index (χ2n) is 6.00. The van der Waals surface area contributed by atoms with Crippen molar-refractivity contribution in [2.45, 2.75) is 31.8 Å². The number of ether oxygens (including phenoxy) is 1. The van der Waals surface area contributed by atoms with Gasteiger partial charge in [0.05, 0.1) is 12.7 Å². The fraction of sp³-hybridized carbons (Fsp3) is 0.636. The van der Waals surface area contributed by atoms with Crippen molar-refractivity contribution in [3.63, 3.8) is 0 Å². The highest BCUT2D eigenvalue weighted by molar-refractivity contribution is 7.66. The molecule has 5 atom stereocenters. The van der Waals surface area contributed by atoms with Gasteiger partial charge in [-0.15, -0.1) is 0 Å². The molecule has 1 heterocycles. The van der Waals surface area contributed by atoms with Crippen LogP contribution in [0.2, 0.25) is 0 Å². The van der Waals surface area contributed by atoms with E-state index in [9.17, 15) is 32.9 Å². The molecule has 0 aliphatic heterocycles. The largest absolute Gasteiger partial charge is 0.490 e. The van der Waals surface area contributed by atoms with Crippen LogP contribution < -0.4 is 11.4 Å². The fourth-order valence-corrected chi connectivity index (χ4v) is 5.10. The molecule has 2 unspecified atom stereocenters. The van der Waals surface area contributed by atoms with Crippen molar-refractivity contribution in [2.24, 2.45) is 0 Å². The Labute approximate surface area is 173 Å². The van der Waals surface area contributed by atoms with Gasteiger partial charge in [0.1, 0.15) is 24.3 Å². The van der Waals surface area contributed by atoms with E-state index < -0.39 is 60.4 Å². The lowest BCUT2D eigenvalue weighted by Gasteiger charge is -2.36. The average Bonchev–Trinajstić information content (AvgIpc) is 2.54. The highest BCUT2D eigenvalue weighted by Crippen LogP contribution is 2.66. The monoisotopic (exact) mass is 515 g/mol. The molecule has 7 N–H and O–H groups in total. The Morgan fingerprint density at radius 2 is 1.77 bits per heavy atom. The highest BCUT2D eigenvalue weighted by atomic mass is 31.3. The first-order valence-corrected chi connectivity index (χ1v) is 12.5. The molecule has 0 saturated carbocycles. The van der Waals surface area contributed by atoms with Crippen LogP contribution in [0.5, 0.6) is 0 Å². The van der Waals surface area contributed by atoms with E-state index in [-0.39, 0.29) is 5.82 Å². The van der Waals surface area contributed by atoms with Crippen molar-refractivity contribution in [1.29, 1.82) is 0 Å². The zero-order chi connectivity index (χ0) is 24.3. The predicted octanol–water partition coefficient (Wildman–Crippen LogP) is -0.207. The van der Waals surface area contributed by atoms with Crippen LogP contribution in [0.4, 0.5) is 10.2 Å². The van der Waals surface area contributed by atoms with Crippen LogP contribution in [0.1, 0.15) is 20.1 Å². The highest BCUT2D eigenvalue weighted by Gasteiger charge is 2.45. The maximum atomic E-state index is 13.8. The number of hydrogen-bond donors (Lipinski definition) is 6. The molecule has 0 aliphatic rings. The predicted molar refractivity (Wildman–Crippen MR) is 98.9 cm³/mol. The van der Waals surface area contributed by atoms with Gasteiger partial charge in [0.2, 0.25) is 0 Å². The molecule has 0 saturated heterocycles. The summed E-state index contributed by atoms with van der Waals surface area (Å²) in [5.41, 5.74) is 2.04. The summed E-state index contributed by atoms with van der Waals surface area (Å²) in [5, 5.41) is 9.94. The van der Waals surface area contributed by atoms with Crippen LogP contribution in [0.3, 0.4) is 0 Å². The minimum absolute atomic E-state index is 0.117. The maximum absolute atomic E-state index is 13.8. The summed E-state index contributed by atoms with van der Waals surface area (Å²) in [4.78, 5) is 50.9. The van der Waals surface area contributed by atoms with Gasteiger partial charge in [-0.3, -0.25) is 9.09 Å². The van der Waals surface area contributed by atoms with Crippen LogP contribution in [-0.2, 0) is 31.6 Å². The van der Waals surface area contributed by atoms with E-state index in [4.69, 9.17) is 25.2 Å². The molecule has 0 amide bonds. The Morgan fingerprint density at radius 1 is 1.19 bits per heavy atom. The standard InChI is InChI=1S/C11H21FN3O13P3/c1-7(16)11(5-12,26-8(2)15-4-3-9(13)14-10(15)17)6-25-30(21,22)28-31(23,24)27-29(18,19)20/h3-4,7-8,16H,5-6H2,1-2H3,(H,21,22)(H,23,24)(H2,13,14,17)(H2,18,19,20)/t7-,8+,11+/m0/s1. The van der Waals surface area contributed by atoms with Crippen molar-refractivity contribution in [1.82, 2.24) is 9.55 Å². The number of nitrogens with zero attached hydrogens (tertiary/aromatic N) is 2. The number of aromatic nitrogens is 2. The molecule has 0 radical (unpaired) electrons. The SMILES string of the molecule is C[C@H](O)[C@@](CF)(COP(=O)(O)OP(=O)(O)OP(=O)(O)O)O[C@H](C)n1ccc(N)nc1=O. The number of halogens is 1. The molecule has 0 spiro atoms. The van der Waals surface area contributed by atoms with E-state index in [1.54, 1.807) is 0 Å². The Balaban J connectivity index is 3.04. The number of hydrogen-bond acceptors (Lipinski definition) is 11. The third-order valence-electron chi connectivity index (χ3n) is 3.52. The third kappa shape index (κ3) is 8.77. The van der Waals surface area contributed by atoms with E-state index in [1.807, 2.05) is 0 Å².